The van der Waals surface area contributed by atoms with Crippen LogP contribution in [0.5, 0.6) is 0 Å². The van der Waals surface area contributed by atoms with Crippen molar-refractivity contribution in [2.24, 2.45) is 0 Å². The first kappa shape index (κ1) is 27.0. The maximum atomic E-state index is 8.73. The molecular formula is C15H15N3O3S3Zn2. The third kappa shape index (κ3) is 10.7. The molecule has 0 bridgehead atoms. The summed E-state index contributed by atoms with van der Waals surface area (Å²) in [6, 6.07) is 15.4. The second-order valence-corrected chi connectivity index (χ2v) is 5.41. The molecular weight excluding hydrogens is 497 g/mol. The minimum Gasteiger partial charge on any atom is -0.428 e. The van der Waals surface area contributed by atoms with Crippen LogP contribution in [0.25, 0.3) is 0 Å². The molecule has 0 aliphatic carbocycles. The van der Waals surface area contributed by atoms with Crippen LogP contribution >= 0.6 is 36.7 Å². The molecule has 0 aliphatic heterocycles. The van der Waals surface area contributed by atoms with Crippen molar-refractivity contribution in [3.63, 3.8) is 0 Å². The Labute approximate surface area is 191 Å². The molecule has 0 unspecified atom stereocenters. The molecule has 0 saturated heterocycles. The first-order chi connectivity index (χ1) is 11.4. The number of rotatable bonds is 0. The fourth-order valence-electron chi connectivity index (χ4n) is 1.26. The molecule has 0 spiro atoms. The summed E-state index contributed by atoms with van der Waals surface area (Å²) >= 11 is 14.0. The van der Waals surface area contributed by atoms with Crippen molar-refractivity contribution in [2.45, 2.75) is 0 Å². The molecule has 11 heteroatoms. The quantitative estimate of drug-likeness (QED) is 0.236. The SMILES string of the molecule is On1ccccc1=S.On1ccccc1=S.On1ccccc1=S.[Zn].[Zn]. The molecule has 6 nitrogen and oxygen atoms in total. The average Bonchev–Trinajstić information content (AvgIpc) is 2.57. The van der Waals surface area contributed by atoms with Crippen molar-refractivity contribution < 1.29 is 54.6 Å². The topological polar surface area (TPSA) is 75.5 Å². The Morgan fingerprint density at radius 2 is 0.731 bits per heavy atom. The van der Waals surface area contributed by atoms with E-state index in [9.17, 15) is 0 Å². The summed E-state index contributed by atoms with van der Waals surface area (Å²) in [5.74, 6) is 0. The summed E-state index contributed by atoms with van der Waals surface area (Å²) in [7, 11) is 0. The predicted molar refractivity (Wildman–Crippen MR) is 97.4 cm³/mol. The number of hydrogen-bond acceptors (Lipinski definition) is 6. The van der Waals surface area contributed by atoms with E-state index in [0.29, 0.717) is 13.9 Å². The fourth-order valence-corrected chi connectivity index (χ4v) is 1.68. The van der Waals surface area contributed by atoms with E-state index in [1.165, 1.54) is 18.6 Å². The van der Waals surface area contributed by atoms with Crippen molar-refractivity contribution >= 4 is 36.7 Å². The second-order valence-electron chi connectivity index (χ2n) is 4.15. The molecule has 0 fully saturated rings. The normalized spacial score (nSPS) is 8.31. The van der Waals surface area contributed by atoms with Crippen molar-refractivity contribution in [2.75, 3.05) is 0 Å². The Hall–Kier alpha value is -1.24. The van der Waals surface area contributed by atoms with Crippen LogP contribution in [-0.4, -0.2) is 29.8 Å². The van der Waals surface area contributed by atoms with Crippen LogP contribution < -0.4 is 0 Å². The summed E-state index contributed by atoms with van der Waals surface area (Å²) in [6.07, 6.45) is 4.47. The molecule has 3 N–H and O–H groups in total. The van der Waals surface area contributed by atoms with Gasteiger partial charge in [-0.15, -0.1) is 0 Å². The first-order valence-corrected chi connectivity index (χ1v) is 7.75. The molecule has 0 radical (unpaired) electrons. The third-order valence-electron chi connectivity index (χ3n) is 2.41. The van der Waals surface area contributed by atoms with Gasteiger partial charge in [0.05, 0.1) is 0 Å². The molecule has 130 valence electrons. The minimum absolute atomic E-state index is 0. The number of nitrogens with zero attached hydrogens (tertiary/aromatic N) is 3. The van der Waals surface area contributed by atoms with Gasteiger partial charge in [0, 0.05) is 57.5 Å². The molecule has 0 saturated carbocycles. The van der Waals surface area contributed by atoms with Crippen LogP contribution in [0.15, 0.2) is 73.2 Å². The summed E-state index contributed by atoms with van der Waals surface area (Å²) in [5.41, 5.74) is 0. The zero-order valence-corrected chi connectivity index (χ0v) is 22.1. The molecule has 0 aliphatic rings. The van der Waals surface area contributed by atoms with Crippen LogP contribution in [0.2, 0.25) is 0 Å². The Kier molecular flexibility index (Phi) is 15.4. The van der Waals surface area contributed by atoms with Gasteiger partial charge in [-0.1, -0.05) is 54.9 Å². The zero-order chi connectivity index (χ0) is 17.9. The van der Waals surface area contributed by atoms with Crippen LogP contribution in [0.1, 0.15) is 0 Å². The van der Waals surface area contributed by atoms with Crippen molar-refractivity contribution in [3.8, 4) is 0 Å². The molecule has 0 atom stereocenters. The maximum absolute atomic E-state index is 8.73. The zero-order valence-electron chi connectivity index (χ0n) is 13.8. The predicted octanol–water partition coefficient (Wildman–Crippen LogP) is 4.36. The van der Waals surface area contributed by atoms with Gasteiger partial charge in [0.25, 0.3) is 0 Å². The van der Waals surface area contributed by atoms with Crippen LogP contribution in [0, 0.1) is 13.9 Å². The van der Waals surface area contributed by atoms with E-state index >= 15 is 0 Å². The largest absolute Gasteiger partial charge is 0.428 e. The van der Waals surface area contributed by atoms with Gasteiger partial charge in [-0.3, -0.25) is 0 Å². The van der Waals surface area contributed by atoms with E-state index < -0.39 is 0 Å². The van der Waals surface area contributed by atoms with E-state index in [0.717, 1.165) is 14.2 Å². The number of hydrogen-bond donors (Lipinski definition) is 3. The molecule has 3 aromatic rings. The Morgan fingerprint density at radius 1 is 0.500 bits per heavy atom. The van der Waals surface area contributed by atoms with Crippen molar-refractivity contribution in [1.82, 2.24) is 14.2 Å². The van der Waals surface area contributed by atoms with E-state index in [4.69, 9.17) is 15.6 Å². The summed E-state index contributed by atoms with van der Waals surface area (Å²) in [5, 5.41) is 26.2. The van der Waals surface area contributed by atoms with Crippen LogP contribution in [0.4, 0.5) is 0 Å². The van der Waals surface area contributed by atoms with Crippen LogP contribution in [-0.2, 0) is 39.0 Å². The standard InChI is InChI=1S/3C5H5NOS.2Zn/c3*7-6-4-2-1-3-5(6)8;;/h3*1-4,7H;;. The van der Waals surface area contributed by atoms with Crippen molar-refractivity contribution in [1.29, 1.82) is 0 Å². The molecule has 0 aromatic carbocycles. The Bertz CT molecular complexity index is 822. The number of pyridine rings is 3. The van der Waals surface area contributed by atoms with E-state index in [1.54, 1.807) is 54.6 Å². The first-order valence-electron chi connectivity index (χ1n) is 6.52. The van der Waals surface area contributed by atoms with Crippen LogP contribution in [0.3, 0.4) is 0 Å². The molecule has 3 aromatic heterocycles. The van der Waals surface area contributed by atoms with Gasteiger partial charge in [-0.05, 0) is 36.4 Å². The van der Waals surface area contributed by atoms with Gasteiger partial charge < -0.3 is 15.6 Å². The van der Waals surface area contributed by atoms with Gasteiger partial charge in [-0.2, -0.15) is 14.2 Å². The molecule has 3 heterocycles. The maximum Gasteiger partial charge on any atom is 0.142 e. The van der Waals surface area contributed by atoms with Gasteiger partial charge in [0.15, 0.2) is 0 Å². The monoisotopic (exact) mass is 509 g/mol. The summed E-state index contributed by atoms with van der Waals surface area (Å²) < 4.78 is 3.97. The van der Waals surface area contributed by atoms with E-state index in [1.807, 2.05) is 0 Å². The van der Waals surface area contributed by atoms with Gasteiger partial charge in [-0.25, -0.2) is 0 Å². The van der Waals surface area contributed by atoms with Gasteiger partial charge >= 0.3 is 0 Å². The van der Waals surface area contributed by atoms with Gasteiger partial charge in [0.2, 0.25) is 0 Å². The molecule has 3 rings (SSSR count). The van der Waals surface area contributed by atoms with Gasteiger partial charge in [0.1, 0.15) is 13.9 Å². The summed E-state index contributed by atoms with van der Waals surface area (Å²) in [6.45, 7) is 0. The molecule has 0 amide bonds. The van der Waals surface area contributed by atoms with Crippen molar-refractivity contribution in [3.05, 3.63) is 87.1 Å². The minimum atomic E-state index is 0. The average molecular weight is 512 g/mol. The Balaban J connectivity index is 0. The Morgan fingerprint density at radius 3 is 0.846 bits per heavy atom. The smallest absolute Gasteiger partial charge is 0.142 e. The van der Waals surface area contributed by atoms with E-state index in [-0.39, 0.29) is 39.0 Å². The molecule has 26 heavy (non-hydrogen) atoms. The van der Waals surface area contributed by atoms with E-state index in [2.05, 4.69) is 36.7 Å². The summed E-state index contributed by atoms with van der Waals surface area (Å²) in [4.78, 5) is 0. The second kappa shape index (κ2) is 14.9. The third-order valence-corrected chi connectivity index (χ3v) is 3.38. The fraction of sp³-hybridized carbons (Fsp3) is 0. The number of aromatic nitrogens is 3.